The van der Waals surface area contributed by atoms with Gasteiger partial charge >= 0.3 is 0 Å². The number of nitrogens with zero attached hydrogens (tertiary/aromatic N) is 5. The second kappa shape index (κ2) is 7.12. The van der Waals surface area contributed by atoms with Gasteiger partial charge in [-0.1, -0.05) is 6.07 Å². The summed E-state index contributed by atoms with van der Waals surface area (Å²) in [4.78, 5) is 4.61. The maximum atomic E-state index is 4.61. The number of aryl methyl sites for hydroxylation is 4. The molecule has 0 aliphatic heterocycles. The van der Waals surface area contributed by atoms with Crippen molar-refractivity contribution in [1.29, 1.82) is 0 Å². The van der Waals surface area contributed by atoms with Crippen LogP contribution in [0.15, 0.2) is 40.5 Å². The van der Waals surface area contributed by atoms with Gasteiger partial charge in [0.15, 0.2) is 0 Å². The van der Waals surface area contributed by atoms with Crippen molar-refractivity contribution in [3.8, 4) is 0 Å². The lowest BCUT2D eigenvalue weighted by Crippen LogP contribution is -2.00. The third-order valence-corrected chi connectivity index (χ3v) is 4.70. The standard InChI is InChI=1S/C21H25N5/c1-14-10-16(3)25(18(14)5)22-12-20-8-7-9-21(24-20)13-23-26-17(4)11-15(2)19(26)6/h7-13H,1-6H3/b22-12-,23-13-. The molecule has 5 heteroatoms. The molecule has 0 saturated heterocycles. The molecule has 0 radical (unpaired) electrons. The van der Waals surface area contributed by atoms with Gasteiger partial charge in [-0.25, -0.2) is 14.3 Å². The molecule has 0 aliphatic rings. The molecule has 3 aromatic heterocycles. The van der Waals surface area contributed by atoms with Crippen molar-refractivity contribution in [1.82, 2.24) is 14.3 Å². The lowest BCUT2D eigenvalue weighted by Gasteiger charge is -2.03. The van der Waals surface area contributed by atoms with Crippen LogP contribution in [0.5, 0.6) is 0 Å². The zero-order valence-corrected chi connectivity index (χ0v) is 16.3. The van der Waals surface area contributed by atoms with Gasteiger partial charge in [0.2, 0.25) is 0 Å². The highest BCUT2D eigenvalue weighted by Gasteiger charge is 2.05. The molecule has 5 nitrogen and oxygen atoms in total. The quantitative estimate of drug-likeness (QED) is 0.649. The van der Waals surface area contributed by atoms with Gasteiger partial charge in [0.05, 0.1) is 23.8 Å². The maximum absolute atomic E-state index is 4.61. The van der Waals surface area contributed by atoms with Gasteiger partial charge in [-0.15, -0.1) is 0 Å². The van der Waals surface area contributed by atoms with Crippen LogP contribution in [0.3, 0.4) is 0 Å². The smallest absolute Gasteiger partial charge is 0.0838 e. The Balaban J connectivity index is 1.84. The summed E-state index contributed by atoms with van der Waals surface area (Å²) < 4.78 is 3.88. The molecule has 0 bridgehead atoms. The number of pyridine rings is 1. The SMILES string of the molecule is Cc1cc(C)n(/N=C\c2cccc(/C=N\n3c(C)cc(C)c3C)n2)c1C. The van der Waals surface area contributed by atoms with Gasteiger partial charge in [-0.3, -0.25) is 0 Å². The molecule has 0 N–H and O–H groups in total. The Morgan fingerprint density at radius 2 is 1.15 bits per heavy atom. The summed E-state index contributed by atoms with van der Waals surface area (Å²) in [7, 11) is 0. The first kappa shape index (κ1) is 17.9. The molecular formula is C21H25N5. The van der Waals surface area contributed by atoms with Crippen LogP contribution < -0.4 is 0 Å². The van der Waals surface area contributed by atoms with E-state index in [9.17, 15) is 0 Å². The van der Waals surface area contributed by atoms with Crippen LogP contribution in [0.2, 0.25) is 0 Å². The first-order valence-electron chi connectivity index (χ1n) is 8.73. The number of rotatable bonds is 4. The van der Waals surface area contributed by atoms with Gasteiger partial charge < -0.3 is 0 Å². The third-order valence-electron chi connectivity index (χ3n) is 4.70. The van der Waals surface area contributed by atoms with Crippen molar-refractivity contribution in [3.05, 3.63) is 75.6 Å². The second-order valence-corrected chi connectivity index (χ2v) is 6.71. The topological polar surface area (TPSA) is 47.5 Å². The molecule has 134 valence electrons. The van der Waals surface area contributed by atoms with Gasteiger partial charge in [0, 0.05) is 22.8 Å². The van der Waals surface area contributed by atoms with E-state index in [2.05, 4.69) is 68.9 Å². The summed E-state index contributed by atoms with van der Waals surface area (Å²) in [5.74, 6) is 0. The molecule has 0 amide bonds. The Hall–Kier alpha value is -2.95. The summed E-state index contributed by atoms with van der Waals surface area (Å²) in [6.45, 7) is 12.4. The summed E-state index contributed by atoms with van der Waals surface area (Å²) in [6, 6.07) is 10.1. The summed E-state index contributed by atoms with van der Waals surface area (Å²) in [5.41, 5.74) is 8.59. The molecule has 0 aromatic carbocycles. The van der Waals surface area contributed by atoms with Gasteiger partial charge in [-0.2, -0.15) is 10.2 Å². The van der Waals surface area contributed by atoms with Crippen LogP contribution in [-0.2, 0) is 0 Å². The molecule has 0 unspecified atom stereocenters. The molecule has 3 rings (SSSR count). The van der Waals surface area contributed by atoms with Crippen LogP contribution in [0.1, 0.15) is 45.3 Å². The minimum absolute atomic E-state index is 0.802. The normalized spacial score (nSPS) is 11.9. The first-order chi connectivity index (χ1) is 12.4. The molecule has 0 spiro atoms. The molecule has 0 saturated carbocycles. The van der Waals surface area contributed by atoms with E-state index in [0.29, 0.717) is 0 Å². The predicted octanol–water partition coefficient (Wildman–Crippen LogP) is 4.30. The van der Waals surface area contributed by atoms with Crippen LogP contribution in [-0.4, -0.2) is 26.8 Å². The highest BCUT2D eigenvalue weighted by molar-refractivity contribution is 5.81. The lowest BCUT2D eigenvalue weighted by atomic mass is 10.3. The van der Waals surface area contributed by atoms with E-state index in [4.69, 9.17) is 0 Å². The van der Waals surface area contributed by atoms with Crippen LogP contribution >= 0.6 is 0 Å². The molecular weight excluding hydrogens is 322 g/mol. The number of aromatic nitrogens is 3. The Labute approximate surface area is 154 Å². The maximum Gasteiger partial charge on any atom is 0.0838 e. The Bertz CT molecular complexity index is 924. The zero-order chi connectivity index (χ0) is 18.8. The van der Waals surface area contributed by atoms with Crippen molar-refractivity contribution in [2.75, 3.05) is 0 Å². The average molecular weight is 347 g/mol. The van der Waals surface area contributed by atoms with E-state index in [1.54, 1.807) is 12.4 Å². The van der Waals surface area contributed by atoms with Gasteiger partial charge in [-0.05, 0) is 76.9 Å². The second-order valence-electron chi connectivity index (χ2n) is 6.71. The monoisotopic (exact) mass is 347 g/mol. The highest BCUT2D eigenvalue weighted by atomic mass is 15.4. The average Bonchev–Trinajstić information content (AvgIpc) is 2.99. The molecule has 0 atom stereocenters. The van der Waals surface area contributed by atoms with Crippen molar-refractivity contribution in [2.45, 2.75) is 41.5 Å². The predicted molar refractivity (Wildman–Crippen MR) is 108 cm³/mol. The van der Waals surface area contributed by atoms with Gasteiger partial charge in [0.1, 0.15) is 0 Å². The summed E-state index contributed by atoms with van der Waals surface area (Å²) >= 11 is 0. The fraction of sp³-hybridized carbons (Fsp3) is 0.286. The molecule has 0 fully saturated rings. The fourth-order valence-electron chi connectivity index (χ4n) is 3.02. The number of hydrogen-bond acceptors (Lipinski definition) is 3. The van der Waals surface area contributed by atoms with Crippen molar-refractivity contribution >= 4 is 12.4 Å². The summed E-state index contributed by atoms with van der Waals surface area (Å²) in [6.07, 6.45) is 3.57. The molecule has 0 aliphatic carbocycles. The molecule has 3 heterocycles. The Kier molecular flexibility index (Phi) is 4.89. The minimum Gasteiger partial charge on any atom is -0.246 e. The minimum atomic E-state index is 0.802. The largest absolute Gasteiger partial charge is 0.246 e. The van der Waals surface area contributed by atoms with Crippen molar-refractivity contribution in [3.63, 3.8) is 0 Å². The van der Waals surface area contributed by atoms with Crippen LogP contribution in [0.25, 0.3) is 0 Å². The fourth-order valence-corrected chi connectivity index (χ4v) is 3.02. The van der Waals surface area contributed by atoms with Crippen LogP contribution in [0, 0.1) is 41.5 Å². The first-order valence-corrected chi connectivity index (χ1v) is 8.73. The van der Waals surface area contributed by atoms with E-state index >= 15 is 0 Å². The van der Waals surface area contributed by atoms with E-state index in [1.807, 2.05) is 27.6 Å². The summed E-state index contributed by atoms with van der Waals surface area (Å²) in [5, 5.41) is 9.13. The molecule has 26 heavy (non-hydrogen) atoms. The van der Waals surface area contributed by atoms with Crippen LogP contribution in [0.4, 0.5) is 0 Å². The zero-order valence-electron chi connectivity index (χ0n) is 16.3. The van der Waals surface area contributed by atoms with Crippen molar-refractivity contribution < 1.29 is 0 Å². The van der Waals surface area contributed by atoms with Gasteiger partial charge in [0.25, 0.3) is 0 Å². The van der Waals surface area contributed by atoms with E-state index in [-0.39, 0.29) is 0 Å². The Morgan fingerprint density at radius 3 is 1.50 bits per heavy atom. The van der Waals surface area contributed by atoms with E-state index in [1.165, 1.54) is 11.1 Å². The molecule has 3 aromatic rings. The third kappa shape index (κ3) is 3.52. The Morgan fingerprint density at radius 1 is 0.731 bits per heavy atom. The van der Waals surface area contributed by atoms with E-state index in [0.717, 1.165) is 34.2 Å². The lowest BCUT2D eigenvalue weighted by molar-refractivity contribution is 0.813. The number of hydrogen-bond donors (Lipinski definition) is 0. The van der Waals surface area contributed by atoms with Crippen molar-refractivity contribution in [2.24, 2.45) is 10.2 Å². The van der Waals surface area contributed by atoms with E-state index < -0.39 is 0 Å². The highest BCUT2D eigenvalue weighted by Crippen LogP contribution is 2.14.